The van der Waals surface area contributed by atoms with Gasteiger partial charge in [0.2, 0.25) is 6.20 Å². The molecule has 8 rings (SSSR count). The first-order chi connectivity index (χ1) is 24.6. The summed E-state index contributed by atoms with van der Waals surface area (Å²) in [5, 5.41) is 0. The summed E-state index contributed by atoms with van der Waals surface area (Å²) in [5.74, 6) is 2.44. The van der Waals surface area contributed by atoms with E-state index in [9.17, 15) is 0 Å². The standard InChI is InChI=1S/C37H27N4O2.C6H4N.2Pt/c1-39-19-20-41(27-39)32-24-31(40-17-5-6-18-40)25-36(26-32)43-35-14-8-10-30(22-35)37-23-29(15-16-38-37)28-9-7-13-34(21-28)42-33-11-3-2-4-12-33;1-2-7-5-3-4-6-7;;/h2-4,7-11,13-14,16,19-20,23-25H,5-6,17-18H2,1H3;3-6H;;/q-3;-1;+2;+4. The third-order valence-corrected chi connectivity index (χ3v) is 7.91. The Hall–Kier alpha value is -5.23. The molecule has 258 valence electrons. The monoisotopic (exact) mass is 1040 g/mol. The van der Waals surface area contributed by atoms with Gasteiger partial charge in [0.15, 0.2) is 7.05 Å². The van der Waals surface area contributed by atoms with Gasteiger partial charge in [0.05, 0.1) is 0 Å². The second-order valence-corrected chi connectivity index (χ2v) is 11.5. The molecule has 2 aromatic heterocycles. The topological polar surface area (TPSA) is 45.5 Å². The molecule has 0 spiro atoms. The molecule has 0 N–H and O–H groups in total. The summed E-state index contributed by atoms with van der Waals surface area (Å²) in [6, 6.07) is 50.8. The summed E-state index contributed by atoms with van der Waals surface area (Å²) in [7, 11) is 1.95. The zero-order valence-electron chi connectivity index (χ0n) is 28.1. The minimum atomic E-state index is 0. The van der Waals surface area contributed by atoms with Crippen molar-refractivity contribution in [1.82, 2.24) is 9.55 Å². The molecule has 2 aliphatic rings. The van der Waals surface area contributed by atoms with Gasteiger partial charge in [-0.25, -0.2) is 24.2 Å². The number of pyridine rings is 1. The maximum Gasteiger partial charge on any atom is 4.00 e. The molecule has 9 heteroatoms. The third kappa shape index (κ3) is 9.75. The molecule has 0 aliphatic carbocycles. The van der Waals surface area contributed by atoms with E-state index in [1.165, 1.54) is 12.8 Å². The summed E-state index contributed by atoms with van der Waals surface area (Å²) < 4.78 is 17.6. The molecule has 0 saturated carbocycles. The fraction of sp³-hybridized carbons (Fsp3) is 0.116. The molecule has 4 aromatic carbocycles. The first kappa shape index (κ1) is 38.0. The molecular formula is C43H31N5O2Pt2+2. The molecule has 52 heavy (non-hydrogen) atoms. The van der Waals surface area contributed by atoms with Crippen LogP contribution in [0, 0.1) is 42.8 Å². The zero-order chi connectivity index (χ0) is 34.1. The van der Waals surface area contributed by atoms with Gasteiger partial charge in [0.25, 0.3) is 6.20 Å². The van der Waals surface area contributed by atoms with Gasteiger partial charge in [-0.15, -0.1) is 48.0 Å². The molecule has 4 heterocycles. The van der Waals surface area contributed by atoms with Crippen molar-refractivity contribution in [3.8, 4) is 51.4 Å². The summed E-state index contributed by atoms with van der Waals surface area (Å²) in [5.41, 5.74) is 5.23. The first-order valence-electron chi connectivity index (χ1n) is 16.2. The van der Waals surface area contributed by atoms with E-state index in [0.717, 1.165) is 46.8 Å². The molecule has 1 fully saturated rings. The summed E-state index contributed by atoms with van der Waals surface area (Å²) in [4.78, 5) is 6.96. The number of hydrogen-bond donors (Lipinski definition) is 0. The summed E-state index contributed by atoms with van der Waals surface area (Å²) in [6.45, 7) is 2.06. The number of anilines is 1. The maximum absolute atomic E-state index is 6.57. The van der Waals surface area contributed by atoms with Gasteiger partial charge in [-0.3, -0.25) is 11.1 Å². The van der Waals surface area contributed by atoms with E-state index < -0.39 is 0 Å². The van der Waals surface area contributed by atoms with Crippen LogP contribution in [0.25, 0.3) is 22.4 Å². The fourth-order valence-corrected chi connectivity index (χ4v) is 5.49. The van der Waals surface area contributed by atoms with Gasteiger partial charge in [0.1, 0.15) is 5.69 Å². The largest absolute Gasteiger partial charge is 4.00 e. The number of nitrogens with zero attached hydrogens (tertiary/aromatic N) is 5. The van der Waals surface area contributed by atoms with E-state index >= 15 is 0 Å². The Labute approximate surface area is 333 Å². The van der Waals surface area contributed by atoms with Crippen LogP contribution >= 0.6 is 0 Å². The van der Waals surface area contributed by atoms with Gasteiger partial charge in [-0.05, 0) is 25.0 Å². The Morgan fingerprint density at radius 1 is 0.769 bits per heavy atom. The van der Waals surface area contributed by atoms with E-state index in [4.69, 9.17) is 15.9 Å². The van der Waals surface area contributed by atoms with Gasteiger partial charge in [0, 0.05) is 48.5 Å². The number of para-hydroxylation sites is 1. The van der Waals surface area contributed by atoms with Crippen LogP contribution in [-0.2, 0) is 42.1 Å². The molecule has 1 saturated heterocycles. The van der Waals surface area contributed by atoms with Crippen molar-refractivity contribution >= 4 is 17.4 Å². The van der Waals surface area contributed by atoms with Crippen LogP contribution in [0.5, 0.6) is 23.0 Å². The molecule has 6 aromatic rings. The van der Waals surface area contributed by atoms with E-state index in [-0.39, 0.29) is 42.1 Å². The summed E-state index contributed by atoms with van der Waals surface area (Å²) >= 11 is 0. The van der Waals surface area contributed by atoms with Crippen molar-refractivity contribution < 1.29 is 60.8 Å². The van der Waals surface area contributed by atoms with Crippen LogP contribution in [0.2, 0.25) is 0 Å². The van der Waals surface area contributed by atoms with E-state index in [2.05, 4.69) is 58.3 Å². The van der Waals surface area contributed by atoms with Gasteiger partial charge in [-0.2, -0.15) is 30.3 Å². The minimum Gasteiger partial charge on any atom is -0.669 e. The second kappa shape index (κ2) is 18.3. The van der Waals surface area contributed by atoms with Gasteiger partial charge in [-0.1, -0.05) is 44.9 Å². The zero-order valence-corrected chi connectivity index (χ0v) is 32.6. The average molecular weight is 1040 g/mol. The average Bonchev–Trinajstić information content (AvgIpc) is 3.97. The van der Waals surface area contributed by atoms with Crippen LogP contribution in [0.4, 0.5) is 11.4 Å². The molecule has 0 radical (unpaired) electrons. The molecule has 0 amide bonds. The van der Waals surface area contributed by atoms with E-state index in [0.29, 0.717) is 23.0 Å². The van der Waals surface area contributed by atoms with Crippen LogP contribution in [-0.4, -0.2) is 44.8 Å². The predicted octanol–water partition coefficient (Wildman–Crippen LogP) is 8.42. The Balaban J connectivity index is 0.000000523. The van der Waals surface area contributed by atoms with Crippen LogP contribution < -0.4 is 14.4 Å². The number of ether oxygens (including phenoxy) is 2. The number of benzene rings is 4. The maximum atomic E-state index is 6.57. The Bertz CT molecular complexity index is 2250. The van der Waals surface area contributed by atoms with Crippen LogP contribution in [0.3, 0.4) is 0 Å². The van der Waals surface area contributed by atoms with Gasteiger partial charge < -0.3 is 30.3 Å². The normalized spacial score (nSPS) is 12.7. The minimum absolute atomic E-state index is 0. The van der Waals surface area contributed by atoms with Gasteiger partial charge >= 0.3 is 48.1 Å². The molecule has 0 atom stereocenters. The predicted molar refractivity (Wildman–Crippen MR) is 191 cm³/mol. The van der Waals surface area contributed by atoms with Crippen molar-refractivity contribution in [3.63, 3.8) is 0 Å². The Morgan fingerprint density at radius 3 is 2.15 bits per heavy atom. The van der Waals surface area contributed by atoms with Crippen LogP contribution in [0.15, 0.2) is 122 Å². The number of rotatable bonds is 8. The van der Waals surface area contributed by atoms with Crippen molar-refractivity contribution in [2.75, 3.05) is 25.0 Å². The summed E-state index contributed by atoms with van der Waals surface area (Å²) in [6.07, 6.45) is 18.1. The van der Waals surface area contributed by atoms with E-state index in [1.807, 2.05) is 114 Å². The number of aromatic nitrogens is 2. The second-order valence-electron chi connectivity index (χ2n) is 11.5. The third-order valence-electron chi connectivity index (χ3n) is 7.91. The van der Waals surface area contributed by atoms with Crippen molar-refractivity contribution in [2.24, 2.45) is 0 Å². The van der Waals surface area contributed by atoms with Crippen molar-refractivity contribution in [1.29, 1.82) is 0 Å². The fourth-order valence-electron chi connectivity index (χ4n) is 5.49. The smallest absolute Gasteiger partial charge is 0.669 e. The molecule has 0 unspecified atom stereocenters. The Kier molecular flexibility index (Phi) is 13.4. The molecule has 2 aliphatic heterocycles. The van der Waals surface area contributed by atoms with Crippen LogP contribution in [0.1, 0.15) is 12.8 Å². The Morgan fingerprint density at radius 2 is 1.48 bits per heavy atom. The molecular weight excluding hydrogens is 1010 g/mol. The molecule has 0 bridgehead atoms. The number of hydrogen-bond acceptors (Lipinski definition) is 4. The molecule has 7 nitrogen and oxygen atoms in total. The first-order valence-corrected chi connectivity index (χ1v) is 16.2. The van der Waals surface area contributed by atoms with E-state index in [1.54, 1.807) is 23.2 Å². The SMILES string of the molecule is C[N+]1=C=[N+](c2[c-]c(Oc3[c-]c(-c4cc(-c5[c-]c(Oc6[c-]cccc6)ccc5)[c-]cn4)ccc3)cc(N3CCCC3)c2)C=C1.[C-]#Cn1cccc1.[Pt+2].[Pt+4]. The quantitative estimate of drug-likeness (QED) is 0.0874. The van der Waals surface area contributed by atoms with Crippen molar-refractivity contribution in [2.45, 2.75) is 12.8 Å². The van der Waals surface area contributed by atoms with Crippen molar-refractivity contribution in [3.05, 3.63) is 159 Å².